The van der Waals surface area contributed by atoms with E-state index in [1.54, 1.807) is 18.7 Å². The molecule has 33 heavy (non-hydrogen) atoms. The highest BCUT2D eigenvalue weighted by atomic mass is 16.2. The molecule has 2 N–H and O–H groups in total. The third-order valence-electron chi connectivity index (χ3n) is 7.28. The number of carbonyl (C=O) groups excluding carboxylic acids is 5. The van der Waals surface area contributed by atoms with Crippen molar-refractivity contribution < 1.29 is 24.0 Å². The van der Waals surface area contributed by atoms with Crippen LogP contribution in [0.2, 0.25) is 0 Å². The summed E-state index contributed by atoms with van der Waals surface area (Å²) in [4.78, 5) is 66.5. The van der Waals surface area contributed by atoms with E-state index in [2.05, 4.69) is 10.9 Å². The maximum absolute atomic E-state index is 12.8. The largest absolute Gasteiger partial charge is 0.331 e. The van der Waals surface area contributed by atoms with Crippen molar-refractivity contribution in [2.45, 2.75) is 98.6 Å². The number of likely N-dealkylation sites (tertiary alicyclic amines) is 2. The summed E-state index contributed by atoms with van der Waals surface area (Å²) >= 11 is 0. The molecule has 0 radical (unpaired) electrons. The number of hydrazine groups is 1. The van der Waals surface area contributed by atoms with Crippen molar-refractivity contribution in [3.63, 3.8) is 0 Å². The van der Waals surface area contributed by atoms with Gasteiger partial charge in [-0.05, 0) is 37.5 Å². The highest BCUT2D eigenvalue weighted by Crippen LogP contribution is 2.28. The number of Topliss-reactive ketones (excluding diaryl/α,β-unsaturated/α-hetero) is 1. The van der Waals surface area contributed by atoms with Crippen molar-refractivity contribution in [1.82, 2.24) is 20.7 Å². The van der Waals surface area contributed by atoms with Gasteiger partial charge in [-0.3, -0.25) is 34.8 Å². The molecule has 0 bridgehead atoms. The molecule has 2 aliphatic rings. The Bertz CT molecular complexity index is 792. The Hall–Kier alpha value is -2.45. The number of nitrogens with zero attached hydrogens (tertiary/aromatic N) is 2. The van der Waals surface area contributed by atoms with E-state index in [1.807, 2.05) is 27.7 Å². The van der Waals surface area contributed by atoms with Crippen LogP contribution in [-0.4, -0.2) is 64.4 Å². The predicted molar refractivity (Wildman–Crippen MR) is 124 cm³/mol. The quantitative estimate of drug-likeness (QED) is 0.421. The zero-order chi connectivity index (χ0) is 25.0. The van der Waals surface area contributed by atoms with Gasteiger partial charge in [0.05, 0.1) is 0 Å². The van der Waals surface area contributed by atoms with Gasteiger partial charge in [0, 0.05) is 24.9 Å². The summed E-state index contributed by atoms with van der Waals surface area (Å²) < 4.78 is 0. The lowest BCUT2D eigenvalue weighted by Crippen LogP contribution is -2.56. The number of ketones is 1. The molecule has 2 atom stereocenters. The van der Waals surface area contributed by atoms with E-state index in [0.29, 0.717) is 45.2 Å². The van der Waals surface area contributed by atoms with Crippen LogP contribution in [0.25, 0.3) is 0 Å². The van der Waals surface area contributed by atoms with Crippen LogP contribution < -0.4 is 10.9 Å². The van der Waals surface area contributed by atoms with E-state index in [-0.39, 0.29) is 11.3 Å². The second-order valence-corrected chi connectivity index (χ2v) is 10.6. The van der Waals surface area contributed by atoms with Crippen molar-refractivity contribution in [3.8, 4) is 0 Å². The molecule has 2 aliphatic heterocycles. The van der Waals surface area contributed by atoms with Gasteiger partial charge in [-0.15, -0.1) is 0 Å². The normalized spacial score (nSPS) is 21.2. The van der Waals surface area contributed by atoms with Crippen molar-refractivity contribution in [3.05, 3.63) is 0 Å². The Labute approximate surface area is 197 Å². The first-order valence-corrected chi connectivity index (χ1v) is 12.1. The first-order chi connectivity index (χ1) is 15.3. The maximum atomic E-state index is 12.8. The van der Waals surface area contributed by atoms with E-state index >= 15 is 0 Å². The van der Waals surface area contributed by atoms with E-state index in [0.717, 1.165) is 12.8 Å². The SMILES string of the molecule is CCC(C)(C)CC(=O)N1CCC[C@@H]1C(=O)NNC(=O)[C@H]1CCCN1C(=O)C(=O)C(C)(C)CC. The van der Waals surface area contributed by atoms with E-state index < -0.39 is 41.0 Å². The van der Waals surface area contributed by atoms with Gasteiger partial charge >= 0.3 is 0 Å². The number of hydrogen-bond donors (Lipinski definition) is 2. The first-order valence-electron chi connectivity index (χ1n) is 12.1. The molecule has 0 aromatic rings. The molecule has 0 aromatic heterocycles. The second-order valence-electron chi connectivity index (χ2n) is 10.6. The molecule has 0 aromatic carbocycles. The zero-order valence-corrected chi connectivity index (χ0v) is 21.0. The van der Waals surface area contributed by atoms with Gasteiger partial charge in [0.25, 0.3) is 17.7 Å². The van der Waals surface area contributed by atoms with Crippen LogP contribution in [0, 0.1) is 10.8 Å². The van der Waals surface area contributed by atoms with Crippen LogP contribution in [-0.2, 0) is 24.0 Å². The molecule has 0 aliphatic carbocycles. The number of amides is 4. The van der Waals surface area contributed by atoms with Crippen LogP contribution in [0.15, 0.2) is 0 Å². The minimum absolute atomic E-state index is 0.0598. The number of carbonyl (C=O) groups is 5. The molecular weight excluding hydrogens is 424 g/mol. The standard InChI is InChI=1S/C24H40N4O5/c1-7-23(3,4)15-18(29)27-13-9-11-16(27)20(31)25-26-21(32)17-12-10-14-28(17)22(33)19(30)24(5,6)8-2/h16-17H,7-15H2,1-6H3,(H,25,31)(H,26,32)/t16-,17-/m1/s1. The van der Waals surface area contributed by atoms with Gasteiger partial charge in [0.15, 0.2) is 0 Å². The molecule has 2 rings (SSSR count). The lowest BCUT2D eigenvalue weighted by atomic mass is 9.84. The van der Waals surface area contributed by atoms with Gasteiger partial charge in [-0.2, -0.15) is 0 Å². The molecule has 0 spiro atoms. The first kappa shape index (κ1) is 26.8. The molecule has 0 saturated carbocycles. The fourth-order valence-corrected chi connectivity index (χ4v) is 4.13. The molecular formula is C24H40N4O5. The van der Waals surface area contributed by atoms with Crippen LogP contribution in [0.1, 0.15) is 86.5 Å². The number of hydrogen-bond acceptors (Lipinski definition) is 5. The minimum atomic E-state index is -0.805. The molecule has 2 fully saturated rings. The number of rotatable bonds is 8. The molecule has 2 heterocycles. The van der Waals surface area contributed by atoms with E-state index in [4.69, 9.17) is 0 Å². The second kappa shape index (κ2) is 10.7. The van der Waals surface area contributed by atoms with Crippen LogP contribution in [0.3, 0.4) is 0 Å². The average molecular weight is 465 g/mol. The Morgan fingerprint density at radius 2 is 1.27 bits per heavy atom. The van der Waals surface area contributed by atoms with Crippen LogP contribution in [0.4, 0.5) is 0 Å². The highest BCUT2D eigenvalue weighted by Gasteiger charge is 2.42. The fraction of sp³-hybridized carbons (Fsp3) is 0.792. The van der Waals surface area contributed by atoms with E-state index in [1.165, 1.54) is 4.90 Å². The predicted octanol–water partition coefficient (Wildman–Crippen LogP) is 1.95. The Morgan fingerprint density at radius 3 is 1.76 bits per heavy atom. The molecule has 186 valence electrons. The Morgan fingerprint density at radius 1 is 0.788 bits per heavy atom. The average Bonchev–Trinajstić information content (AvgIpc) is 3.45. The van der Waals surface area contributed by atoms with Crippen molar-refractivity contribution in [2.24, 2.45) is 10.8 Å². The van der Waals surface area contributed by atoms with Crippen LogP contribution in [0.5, 0.6) is 0 Å². The summed E-state index contributed by atoms with van der Waals surface area (Å²) in [7, 11) is 0. The summed E-state index contributed by atoms with van der Waals surface area (Å²) in [5.74, 6) is -2.20. The maximum Gasteiger partial charge on any atom is 0.291 e. The molecule has 0 unspecified atom stereocenters. The van der Waals surface area contributed by atoms with Gasteiger partial charge in [0.2, 0.25) is 11.7 Å². The van der Waals surface area contributed by atoms with Crippen molar-refractivity contribution >= 4 is 29.4 Å². The Kier molecular flexibility index (Phi) is 8.65. The smallest absolute Gasteiger partial charge is 0.291 e. The van der Waals surface area contributed by atoms with Gasteiger partial charge < -0.3 is 9.80 Å². The van der Waals surface area contributed by atoms with E-state index in [9.17, 15) is 24.0 Å². The summed E-state index contributed by atoms with van der Waals surface area (Å²) in [6, 6.07) is -1.43. The lowest BCUT2D eigenvalue weighted by Gasteiger charge is -2.29. The molecule has 9 nitrogen and oxygen atoms in total. The third kappa shape index (κ3) is 6.32. The molecule has 2 saturated heterocycles. The topological polar surface area (TPSA) is 116 Å². The number of nitrogens with one attached hydrogen (secondary N) is 2. The molecule has 4 amide bonds. The molecule has 9 heteroatoms. The van der Waals surface area contributed by atoms with Gasteiger partial charge in [0.1, 0.15) is 12.1 Å². The third-order valence-corrected chi connectivity index (χ3v) is 7.28. The summed E-state index contributed by atoms with van der Waals surface area (Å²) in [6.45, 7) is 12.2. The fourth-order valence-electron chi connectivity index (χ4n) is 4.13. The monoisotopic (exact) mass is 464 g/mol. The van der Waals surface area contributed by atoms with Crippen molar-refractivity contribution in [2.75, 3.05) is 13.1 Å². The summed E-state index contributed by atoms with van der Waals surface area (Å²) in [6.07, 6.45) is 4.03. The zero-order valence-electron chi connectivity index (χ0n) is 21.0. The van der Waals surface area contributed by atoms with Gasteiger partial charge in [-0.1, -0.05) is 48.0 Å². The van der Waals surface area contributed by atoms with Crippen LogP contribution >= 0.6 is 0 Å². The minimum Gasteiger partial charge on any atom is -0.331 e. The highest BCUT2D eigenvalue weighted by molar-refractivity contribution is 6.38. The summed E-state index contributed by atoms with van der Waals surface area (Å²) in [5.41, 5.74) is 3.92. The van der Waals surface area contributed by atoms with Gasteiger partial charge in [-0.25, -0.2) is 0 Å². The Balaban J connectivity index is 1.96. The lowest BCUT2D eigenvalue weighted by molar-refractivity contribution is -0.151. The van der Waals surface area contributed by atoms with Crippen molar-refractivity contribution in [1.29, 1.82) is 0 Å². The summed E-state index contributed by atoms with van der Waals surface area (Å²) in [5, 5.41) is 0.